The van der Waals surface area contributed by atoms with Crippen LogP contribution >= 0.6 is 0 Å². The number of rotatable bonds is 10. The molecule has 0 fully saturated rings. The van der Waals surface area contributed by atoms with E-state index in [-0.39, 0.29) is 25.7 Å². The maximum atomic E-state index is 13.3. The van der Waals surface area contributed by atoms with Crippen molar-refractivity contribution in [2.45, 2.75) is 51.4 Å². The van der Waals surface area contributed by atoms with E-state index in [1.165, 1.54) is 7.05 Å². The zero-order valence-corrected chi connectivity index (χ0v) is 24.3. The van der Waals surface area contributed by atoms with Crippen molar-refractivity contribution >= 4 is 23.9 Å². The molecule has 0 saturated heterocycles. The second kappa shape index (κ2) is 13.3. The molecule has 2 amide bonds. The first-order chi connectivity index (χ1) is 20.0. The molecule has 3 aromatic carbocycles. The minimum atomic E-state index is -1.32. The van der Waals surface area contributed by atoms with Crippen LogP contribution in [0, 0.1) is 0 Å². The molecule has 0 bridgehead atoms. The van der Waals surface area contributed by atoms with Gasteiger partial charge in [-0.2, -0.15) is 0 Å². The second-order valence-electron chi connectivity index (χ2n) is 11.2. The van der Waals surface area contributed by atoms with Crippen LogP contribution in [0.25, 0.3) is 11.1 Å². The van der Waals surface area contributed by atoms with Gasteiger partial charge in [-0.1, -0.05) is 78.9 Å². The molecular weight excluding hydrogens is 536 g/mol. The van der Waals surface area contributed by atoms with E-state index in [0.717, 1.165) is 32.7 Å². The lowest BCUT2D eigenvalue weighted by Gasteiger charge is -2.25. The van der Waals surface area contributed by atoms with Crippen molar-refractivity contribution in [2.24, 2.45) is 0 Å². The number of likely N-dealkylation sites (N-methyl/N-ethyl adjacent to an activating group) is 1. The van der Waals surface area contributed by atoms with Gasteiger partial charge >= 0.3 is 18.0 Å². The first kappa shape index (κ1) is 30.3. The van der Waals surface area contributed by atoms with Crippen LogP contribution in [0.1, 0.15) is 49.8 Å². The Labute approximate surface area is 245 Å². The van der Waals surface area contributed by atoms with E-state index in [9.17, 15) is 19.2 Å². The number of ether oxygens (including phenoxy) is 3. The van der Waals surface area contributed by atoms with Gasteiger partial charge in [-0.3, -0.25) is 14.4 Å². The quantitative estimate of drug-likeness (QED) is 0.274. The summed E-state index contributed by atoms with van der Waals surface area (Å²) < 4.78 is 16.2. The number of alkyl carbamates (subject to hydrolysis) is 1. The highest BCUT2D eigenvalue weighted by Crippen LogP contribution is 2.44. The van der Waals surface area contributed by atoms with Crippen LogP contribution in [0.4, 0.5) is 4.79 Å². The highest BCUT2D eigenvalue weighted by atomic mass is 16.6. The number of esters is 2. The summed E-state index contributed by atoms with van der Waals surface area (Å²) in [5, 5.41) is 2.51. The SMILES string of the molecule is CN(CC(=O)OC(C)(C)C)C(=O)[C@H](CC(=O)OCc1ccccc1)NC(=O)OCC1c2ccccc2-c2ccccc21. The molecule has 1 aliphatic carbocycles. The third-order valence-corrected chi connectivity index (χ3v) is 6.71. The molecule has 9 nitrogen and oxygen atoms in total. The van der Waals surface area contributed by atoms with Crippen LogP contribution < -0.4 is 5.32 Å². The van der Waals surface area contributed by atoms with Gasteiger partial charge in [0.1, 0.15) is 31.4 Å². The molecule has 0 saturated carbocycles. The Morgan fingerprint density at radius 1 is 0.810 bits per heavy atom. The van der Waals surface area contributed by atoms with Crippen LogP contribution in [0.2, 0.25) is 0 Å². The Hall–Kier alpha value is -4.66. The fourth-order valence-electron chi connectivity index (χ4n) is 4.86. The third-order valence-electron chi connectivity index (χ3n) is 6.71. The molecule has 1 atom stereocenters. The number of nitrogens with zero attached hydrogens (tertiary/aromatic N) is 1. The summed E-state index contributed by atoms with van der Waals surface area (Å²) in [5.74, 6) is -2.15. The number of amides is 2. The molecule has 0 aromatic heterocycles. The number of carbonyl (C=O) groups is 4. The number of fused-ring (bicyclic) bond motifs is 3. The lowest BCUT2D eigenvalue weighted by Crippen LogP contribution is -2.50. The fourth-order valence-corrected chi connectivity index (χ4v) is 4.86. The second-order valence-corrected chi connectivity index (χ2v) is 11.2. The molecule has 1 aliphatic rings. The monoisotopic (exact) mass is 572 g/mol. The molecule has 0 radical (unpaired) electrons. The van der Waals surface area contributed by atoms with E-state index in [1.807, 2.05) is 66.7 Å². The third kappa shape index (κ3) is 7.96. The maximum absolute atomic E-state index is 13.3. The Balaban J connectivity index is 1.42. The Morgan fingerprint density at radius 2 is 1.38 bits per heavy atom. The van der Waals surface area contributed by atoms with Gasteiger partial charge in [-0.05, 0) is 48.6 Å². The maximum Gasteiger partial charge on any atom is 0.407 e. The van der Waals surface area contributed by atoms with E-state index < -0.39 is 42.0 Å². The van der Waals surface area contributed by atoms with Crippen LogP contribution in [-0.4, -0.2) is 60.7 Å². The highest BCUT2D eigenvalue weighted by molar-refractivity contribution is 5.91. The van der Waals surface area contributed by atoms with Gasteiger partial charge in [0.15, 0.2) is 0 Å². The van der Waals surface area contributed by atoms with Crippen molar-refractivity contribution in [2.75, 3.05) is 20.2 Å². The standard InChI is InChI=1S/C33H36N2O7/c1-33(2,3)42-30(37)19-35(4)31(38)28(18-29(36)40-20-22-12-6-5-7-13-22)34-32(39)41-21-27-25-16-10-8-14-23(25)24-15-9-11-17-26(24)27/h5-17,27-28H,18-21H2,1-4H3,(H,34,39)/t28-/m0/s1. The van der Waals surface area contributed by atoms with E-state index in [4.69, 9.17) is 14.2 Å². The predicted octanol–water partition coefficient (Wildman–Crippen LogP) is 4.83. The van der Waals surface area contributed by atoms with E-state index in [2.05, 4.69) is 5.32 Å². The molecule has 42 heavy (non-hydrogen) atoms. The van der Waals surface area contributed by atoms with E-state index in [1.54, 1.807) is 32.9 Å². The van der Waals surface area contributed by atoms with E-state index in [0.29, 0.717) is 0 Å². The lowest BCUT2D eigenvalue weighted by atomic mass is 9.98. The molecule has 4 rings (SSSR count). The normalized spacial score (nSPS) is 12.9. The minimum Gasteiger partial charge on any atom is -0.461 e. The van der Waals surface area contributed by atoms with Crippen molar-refractivity contribution in [3.8, 4) is 11.1 Å². The van der Waals surface area contributed by atoms with Crippen LogP contribution in [0.5, 0.6) is 0 Å². The van der Waals surface area contributed by atoms with Crippen molar-refractivity contribution in [3.63, 3.8) is 0 Å². The molecule has 0 spiro atoms. The Morgan fingerprint density at radius 3 is 1.98 bits per heavy atom. The van der Waals surface area contributed by atoms with Gasteiger partial charge in [-0.15, -0.1) is 0 Å². The minimum absolute atomic E-state index is 0.0132. The summed E-state index contributed by atoms with van der Waals surface area (Å²) in [5.41, 5.74) is 4.29. The molecular formula is C33H36N2O7. The van der Waals surface area contributed by atoms with Crippen LogP contribution in [0.3, 0.4) is 0 Å². The number of hydrogen-bond acceptors (Lipinski definition) is 7. The zero-order valence-electron chi connectivity index (χ0n) is 24.3. The summed E-state index contributed by atoms with van der Waals surface area (Å²) in [4.78, 5) is 52.4. The van der Waals surface area contributed by atoms with Crippen molar-refractivity contribution in [1.82, 2.24) is 10.2 Å². The van der Waals surface area contributed by atoms with Gasteiger partial charge in [0.25, 0.3) is 0 Å². The van der Waals surface area contributed by atoms with Crippen molar-refractivity contribution < 1.29 is 33.4 Å². The largest absolute Gasteiger partial charge is 0.461 e. The van der Waals surface area contributed by atoms with Crippen LogP contribution in [-0.2, 0) is 35.2 Å². The van der Waals surface area contributed by atoms with Gasteiger partial charge in [0.05, 0.1) is 6.42 Å². The molecule has 3 aromatic rings. The van der Waals surface area contributed by atoms with Crippen molar-refractivity contribution in [1.29, 1.82) is 0 Å². The average molecular weight is 573 g/mol. The first-order valence-electron chi connectivity index (χ1n) is 13.8. The molecule has 0 unspecified atom stereocenters. The molecule has 0 heterocycles. The van der Waals surface area contributed by atoms with E-state index >= 15 is 0 Å². The highest BCUT2D eigenvalue weighted by Gasteiger charge is 2.32. The molecule has 9 heteroatoms. The summed E-state index contributed by atoms with van der Waals surface area (Å²) >= 11 is 0. The molecule has 1 N–H and O–H groups in total. The van der Waals surface area contributed by atoms with Gasteiger partial charge < -0.3 is 24.4 Å². The fraction of sp³-hybridized carbons (Fsp3) is 0.333. The first-order valence-corrected chi connectivity index (χ1v) is 13.8. The number of hydrogen-bond donors (Lipinski definition) is 1. The zero-order chi connectivity index (χ0) is 30.3. The number of benzene rings is 3. The van der Waals surface area contributed by atoms with Gasteiger partial charge in [-0.25, -0.2) is 4.79 Å². The smallest absolute Gasteiger partial charge is 0.407 e. The van der Waals surface area contributed by atoms with Gasteiger partial charge in [0.2, 0.25) is 5.91 Å². The average Bonchev–Trinajstić information content (AvgIpc) is 3.27. The van der Waals surface area contributed by atoms with Crippen molar-refractivity contribution in [3.05, 3.63) is 95.6 Å². The van der Waals surface area contributed by atoms with Gasteiger partial charge in [0, 0.05) is 13.0 Å². The summed E-state index contributed by atoms with van der Waals surface area (Å²) in [7, 11) is 1.40. The Kier molecular flexibility index (Phi) is 9.62. The topological polar surface area (TPSA) is 111 Å². The molecule has 0 aliphatic heterocycles. The number of carbonyl (C=O) groups excluding carboxylic acids is 4. The summed E-state index contributed by atoms with van der Waals surface area (Å²) in [6, 6.07) is 23.6. The number of nitrogens with one attached hydrogen (secondary N) is 1. The molecule has 220 valence electrons. The van der Waals surface area contributed by atoms with Crippen LogP contribution in [0.15, 0.2) is 78.9 Å². The summed E-state index contributed by atoms with van der Waals surface area (Å²) in [6.45, 7) is 4.84. The predicted molar refractivity (Wildman–Crippen MR) is 156 cm³/mol. The Bertz CT molecular complexity index is 1390. The lowest BCUT2D eigenvalue weighted by molar-refractivity contribution is -0.158. The summed E-state index contributed by atoms with van der Waals surface area (Å²) in [6.07, 6.45) is -1.31.